The number of aryl methyl sites for hydroxylation is 2. The lowest BCUT2D eigenvalue weighted by molar-refractivity contribution is 0.321. The van der Waals surface area contributed by atoms with Crippen LogP contribution in [0.3, 0.4) is 0 Å². The van der Waals surface area contributed by atoms with Gasteiger partial charge in [-0.05, 0) is 61.5 Å². The first-order chi connectivity index (χ1) is 10.6. The van der Waals surface area contributed by atoms with Crippen LogP contribution in [0.25, 0.3) is 0 Å². The van der Waals surface area contributed by atoms with Crippen molar-refractivity contribution in [3.05, 3.63) is 70.8 Å². The fourth-order valence-corrected chi connectivity index (χ4v) is 3.99. The zero-order valence-electron chi connectivity index (χ0n) is 14.9. The van der Waals surface area contributed by atoms with Crippen LogP contribution >= 0.6 is 24.8 Å². The van der Waals surface area contributed by atoms with Crippen molar-refractivity contribution in [2.24, 2.45) is 5.92 Å². The van der Waals surface area contributed by atoms with Crippen molar-refractivity contribution in [2.45, 2.75) is 32.1 Å². The molecule has 3 heteroatoms. The van der Waals surface area contributed by atoms with E-state index in [4.69, 9.17) is 0 Å². The first kappa shape index (κ1) is 21.0. The second kappa shape index (κ2) is 9.46. The number of rotatable bonds is 4. The number of fused-ring (bicyclic) bond motifs is 2. The predicted molar refractivity (Wildman–Crippen MR) is 109 cm³/mol. The van der Waals surface area contributed by atoms with E-state index in [-0.39, 0.29) is 24.8 Å². The Morgan fingerprint density at radius 3 is 1.79 bits per heavy atom. The maximum absolute atomic E-state index is 2.39. The highest BCUT2D eigenvalue weighted by molar-refractivity contribution is 5.85. The van der Waals surface area contributed by atoms with Crippen LogP contribution in [0.2, 0.25) is 0 Å². The van der Waals surface area contributed by atoms with Gasteiger partial charge >= 0.3 is 0 Å². The molecule has 2 aromatic carbocycles. The molecular weight excluding hydrogens is 337 g/mol. The molecule has 0 radical (unpaired) electrons. The van der Waals surface area contributed by atoms with Crippen LogP contribution < -0.4 is 0 Å². The van der Waals surface area contributed by atoms with Gasteiger partial charge < -0.3 is 4.90 Å². The lowest BCUT2D eigenvalue weighted by Crippen LogP contribution is -2.21. The summed E-state index contributed by atoms with van der Waals surface area (Å²) in [5.41, 5.74) is 6.19. The number of halogens is 2. The Morgan fingerprint density at radius 1 is 0.875 bits per heavy atom. The molecule has 0 aliphatic heterocycles. The van der Waals surface area contributed by atoms with E-state index in [2.05, 4.69) is 74.4 Å². The van der Waals surface area contributed by atoms with Gasteiger partial charge in [-0.3, -0.25) is 0 Å². The Labute approximate surface area is 159 Å². The second-order valence-corrected chi connectivity index (χ2v) is 7.05. The third kappa shape index (κ3) is 4.75. The lowest BCUT2D eigenvalue weighted by Gasteiger charge is -2.25. The standard InChI is InChI=1S/C21H27N.2ClH/c1-16(15-22(2)3)14-21-19-10-6-4-8-17(19)12-13-18-9-5-7-11-20(18)21;;/h4-11,16,21H,12-15H2,1-3H3;2*1H. The molecule has 2 aromatic rings. The van der Waals surface area contributed by atoms with Gasteiger partial charge in [-0.2, -0.15) is 0 Å². The maximum Gasteiger partial charge on any atom is 0.00978 e. The molecule has 0 heterocycles. The van der Waals surface area contributed by atoms with Crippen molar-refractivity contribution >= 4 is 24.8 Å². The highest BCUT2D eigenvalue weighted by Crippen LogP contribution is 2.38. The van der Waals surface area contributed by atoms with E-state index in [1.807, 2.05) is 0 Å². The molecule has 1 nitrogen and oxygen atoms in total. The van der Waals surface area contributed by atoms with Gasteiger partial charge in [0.15, 0.2) is 0 Å². The van der Waals surface area contributed by atoms with E-state index in [0.717, 1.165) is 6.54 Å². The summed E-state index contributed by atoms with van der Waals surface area (Å²) in [6.45, 7) is 3.54. The van der Waals surface area contributed by atoms with Gasteiger partial charge in [-0.1, -0.05) is 55.5 Å². The van der Waals surface area contributed by atoms with E-state index >= 15 is 0 Å². The Bertz CT molecular complexity index is 592. The van der Waals surface area contributed by atoms with Crippen LogP contribution in [0.4, 0.5) is 0 Å². The summed E-state index contributed by atoms with van der Waals surface area (Å²) in [6.07, 6.45) is 3.57. The van der Waals surface area contributed by atoms with E-state index < -0.39 is 0 Å². The number of nitrogens with zero attached hydrogens (tertiary/aromatic N) is 1. The third-order valence-corrected chi connectivity index (χ3v) is 4.84. The Balaban J connectivity index is 0.00000144. The molecule has 0 saturated heterocycles. The summed E-state index contributed by atoms with van der Waals surface area (Å²) in [6, 6.07) is 18.1. The molecule has 1 unspecified atom stereocenters. The largest absolute Gasteiger partial charge is 0.309 e. The molecule has 0 saturated carbocycles. The average Bonchev–Trinajstić information content (AvgIpc) is 2.65. The van der Waals surface area contributed by atoms with Crippen molar-refractivity contribution in [3.8, 4) is 0 Å². The Morgan fingerprint density at radius 2 is 1.33 bits per heavy atom. The van der Waals surface area contributed by atoms with E-state index in [9.17, 15) is 0 Å². The van der Waals surface area contributed by atoms with Crippen LogP contribution in [0.5, 0.6) is 0 Å². The monoisotopic (exact) mass is 365 g/mol. The number of benzene rings is 2. The topological polar surface area (TPSA) is 3.24 Å². The molecule has 0 bridgehead atoms. The fourth-order valence-electron chi connectivity index (χ4n) is 3.99. The van der Waals surface area contributed by atoms with Gasteiger partial charge in [-0.15, -0.1) is 24.8 Å². The molecule has 0 spiro atoms. The molecule has 0 amide bonds. The first-order valence-corrected chi connectivity index (χ1v) is 8.45. The van der Waals surface area contributed by atoms with Crippen LogP contribution in [0.1, 0.15) is 41.5 Å². The quantitative estimate of drug-likeness (QED) is 0.705. The van der Waals surface area contributed by atoms with Gasteiger partial charge in [0.25, 0.3) is 0 Å². The molecule has 0 aromatic heterocycles. The molecule has 1 aliphatic rings. The van der Waals surface area contributed by atoms with E-state index in [0.29, 0.717) is 11.8 Å². The molecular formula is C21H29Cl2N. The molecule has 132 valence electrons. The normalized spacial score (nSPS) is 14.7. The van der Waals surface area contributed by atoms with Crippen molar-refractivity contribution in [3.63, 3.8) is 0 Å². The molecule has 3 rings (SSSR count). The fraction of sp³-hybridized carbons (Fsp3) is 0.429. The minimum absolute atomic E-state index is 0. The zero-order valence-corrected chi connectivity index (χ0v) is 16.5. The highest BCUT2D eigenvalue weighted by Gasteiger charge is 2.24. The van der Waals surface area contributed by atoms with Crippen molar-refractivity contribution < 1.29 is 0 Å². The van der Waals surface area contributed by atoms with Crippen LogP contribution in [-0.2, 0) is 12.8 Å². The third-order valence-electron chi connectivity index (χ3n) is 4.84. The Hall–Kier alpha value is -1.02. The van der Waals surface area contributed by atoms with Crippen molar-refractivity contribution in [2.75, 3.05) is 20.6 Å². The summed E-state index contributed by atoms with van der Waals surface area (Å²) in [5, 5.41) is 0. The minimum Gasteiger partial charge on any atom is -0.309 e. The molecule has 0 N–H and O–H groups in total. The summed E-state index contributed by atoms with van der Waals surface area (Å²) >= 11 is 0. The van der Waals surface area contributed by atoms with Gasteiger partial charge in [0.2, 0.25) is 0 Å². The van der Waals surface area contributed by atoms with Crippen LogP contribution in [-0.4, -0.2) is 25.5 Å². The van der Waals surface area contributed by atoms with Crippen molar-refractivity contribution in [1.82, 2.24) is 4.90 Å². The van der Waals surface area contributed by atoms with Gasteiger partial charge in [0.05, 0.1) is 0 Å². The molecule has 0 fully saturated rings. The van der Waals surface area contributed by atoms with Crippen LogP contribution in [0, 0.1) is 5.92 Å². The van der Waals surface area contributed by atoms with Crippen molar-refractivity contribution in [1.29, 1.82) is 0 Å². The summed E-state index contributed by atoms with van der Waals surface area (Å²) in [7, 11) is 4.34. The summed E-state index contributed by atoms with van der Waals surface area (Å²) in [5.74, 6) is 1.24. The van der Waals surface area contributed by atoms with Gasteiger partial charge in [0, 0.05) is 12.5 Å². The summed E-state index contributed by atoms with van der Waals surface area (Å²) < 4.78 is 0. The Kier molecular flexibility index (Phi) is 8.29. The predicted octanol–water partition coefficient (Wildman–Crippen LogP) is 5.35. The molecule has 24 heavy (non-hydrogen) atoms. The van der Waals surface area contributed by atoms with Gasteiger partial charge in [-0.25, -0.2) is 0 Å². The highest BCUT2D eigenvalue weighted by atomic mass is 35.5. The lowest BCUT2D eigenvalue weighted by atomic mass is 9.82. The summed E-state index contributed by atoms with van der Waals surface area (Å²) in [4.78, 5) is 2.30. The average molecular weight is 366 g/mol. The van der Waals surface area contributed by atoms with E-state index in [1.54, 1.807) is 22.3 Å². The SMILES string of the molecule is CC(CC1c2ccccc2CCc2ccccc21)CN(C)C.Cl.Cl. The van der Waals surface area contributed by atoms with Gasteiger partial charge in [0.1, 0.15) is 0 Å². The van der Waals surface area contributed by atoms with E-state index in [1.165, 1.54) is 19.3 Å². The zero-order chi connectivity index (χ0) is 15.5. The minimum atomic E-state index is 0. The smallest absolute Gasteiger partial charge is 0.00978 e. The molecule has 1 atom stereocenters. The second-order valence-electron chi connectivity index (χ2n) is 7.05. The first-order valence-electron chi connectivity index (χ1n) is 8.45. The molecule has 1 aliphatic carbocycles. The van der Waals surface area contributed by atoms with Crippen LogP contribution in [0.15, 0.2) is 48.5 Å². The maximum atomic E-state index is 2.39. The number of hydrogen-bond acceptors (Lipinski definition) is 1. The number of hydrogen-bond donors (Lipinski definition) is 0.